The summed E-state index contributed by atoms with van der Waals surface area (Å²) in [6, 6.07) is 25.5. The monoisotopic (exact) mass is 487 g/mol. The minimum absolute atomic E-state index is 0.0134. The molecule has 4 aromatic rings. The number of carbonyl (C=O) groups excluding carboxylic acids is 1. The maximum absolute atomic E-state index is 12.6. The smallest absolute Gasteiger partial charge is 0.250 e. The third-order valence-corrected chi connectivity index (χ3v) is 6.45. The molecule has 5 rings (SSSR count). The first kappa shape index (κ1) is 22.9. The van der Waals surface area contributed by atoms with Crippen LogP contribution in [0.3, 0.4) is 0 Å². The number of ether oxygens (including phenoxy) is 1. The van der Waals surface area contributed by atoms with Gasteiger partial charge in [-0.2, -0.15) is 4.98 Å². The van der Waals surface area contributed by atoms with Gasteiger partial charge in [-0.15, -0.1) is 5.10 Å². The molecule has 0 aliphatic carbocycles. The molecule has 2 atom stereocenters. The van der Waals surface area contributed by atoms with E-state index < -0.39 is 0 Å². The molecule has 2 N–H and O–H groups in total. The number of anilines is 2. The number of fused-ring (bicyclic) bond motifs is 1. The van der Waals surface area contributed by atoms with E-state index in [0.717, 1.165) is 28.9 Å². The van der Waals surface area contributed by atoms with E-state index in [1.807, 2.05) is 83.5 Å². The van der Waals surface area contributed by atoms with Crippen LogP contribution in [-0.2, 0) is 11.2 Å². The van der Waals surface area contributed by atoms with E-state index in [1.54, 1.807) is 7.11 Å². The van der Waals surface area contributed by atoms with Crippen molar-refractivity contribution < 1.29 is 9.53 Å². The lowest BCUT2D eigenvalue weighted by molar-refractivity contribution is -0.116. The van der Waals surface area contributed by atoms with Crippen LogP contribution < -0.4 is 15.4 Å². The summed E-state index contributed by atoms with van der Waals surface area (Å²) in [6.45, 7) is 0. The number of benzene rings is 3. The summed E-state index contributed by atoms with van der Waals surface area (Å²) in [6.07, 6.45) is 1.73. The zero-order valence-electron chi connectivity index (χ0n) is 19.3. The zero-order chi connectivity index (χ0) is 24.2. The van der Waals surface area contributed by atoms with Crippen LogP contribution in [-0.4, -0.2) is 27.8 Å². The van der Waals surface area contributed by atoms with Crippen LogP contribution in [0.5, 0.6) is 5.75 Å². The van der Waals surface area contributed by atoms with Gasteiger partial charge < -0.3 is 10.1 Å². The minimum atomic E-state index is -0.134. The Morgan fingerprint density at radius 3 is 2.60 bits per heavy atom. The van der Waals surface area contributed by atoms with Crippen molar-refractivity contribution in [3.05, 3.63) is 101 Å². The van der Waals surface area contributed by atoms with E-state index >= 15 is 0 Å². The Hall–Kier alpha value is -3.84. The lowest BCUT2D eigenvalue weighted by Crippen LogP contribution is -2.28. The van der Waals surface area contributed by atoms with E-state index in [0.29, 0.717) is 23.8 Å². The Balaban J connectivity index is 1.41. The number of carbonyl (C=O) groups is 1. The highest BCUT2D eigenvalue weighted by Crippen LogP contribution is 2.41. The van der Waals surface area contributed by atoms with Crippen molar-refractivity contribution >= 4 is 29.4 Å². The van der Waals surface area contributed by atoms with Crippen LogP contribution in [0.1, 0.15) is 41.6 Å². The number of nitrogens with one attached hydrogen (secondary N) is 2. The van der Waals surface area contributed by atoms with Gasteiger partial charge in [0, 0.05) is 17.0 Å². The number of hydrogen-bond acceptors (Lipinski definition) is 5. The summed E-state index contributed by atoms with van der Waals surface area (Å²) in [7, 11) is 1.66. The molecule has 1 aromatic heterocycles. The van der Waals surface area contributed by atoms with E-state index in [2.05, 4.69) is 20.7 Å². The Labute approximate surface area is 209 Å². The number of halogens is 1. The molecule has 0 radical (unpaired) electrons. The lowest BCUT2D eigenvalue weighted by atomic mass is 9.93. The molecule has 8 heteroatoms. The molecular formula is C27H26ClN5O2. The number of amides is 1. The molecule has 35 heavy (non-hydrogen) atoms. The first-order valence-corrected chi connectivity index (χ1v) is 11.9. The highest BCUT2D eigenvalue weighted by Gasteiger charge is 2.33. The van der Waals surface area contributed by atoms with Crippen LogP contribution in [0.4, 0.5) is 11.9 Å². The van der Waals surface area contributed by atoms with E-state index in [4.69, 9.17) is 16.3 Å². The van der Waals surface area contributed by atoms with Crippen molar-refractivity contribution in [2.45, 2.75) is 31.3 Å². The van der Waals surface area contributed by atoms with Gasteiger partial charge in [-0.25, -0.2) is 4.68 Å². The largest absolute Gasteiger partial charge is 0.496 e. The van der Waals surface area contributed by atoms with Crippen molar-refractivity contribution in [2.75, 3.05) is 17.7 Å². The Morgan fingerprint density at radius 1 is 1.09 bits per heavy atom. The molecule has 0 fully saturated rings. The maximum atomic E-state index is 12.6. The predicted molar refractivity (Wildman–Crippen MR) is 137 cm³/mol. The number of methoxy groups -OCH3 is 1. The van der Waals surface area contributed by atoms with Gasteiger partial charge in [0.25, 0.3) is 5.95 Å². The number of nitrogens with zero attached hydrogens (tertiary/aromatic N) is 3. The van der Waals surface area contributed by atoms with Gasteiger partial charge in [-0.3, -0.25) is 10.1 Å². The summed E-state index contributed by atoms with van der Waals surface area (Å²) < 4.78 is 7.48. The minimum Gasteiger partial charge on any atom is -0.496 e. The highest BCUT2D eigenvalue weighted by molar-refractivity contribution is 6.30. The molecule has 2 heterocycles. The summed E-state index contributed by atoms with van der Waals surface area (Å²) >= 11 is 6.11. The van der Waals surface area contributed by atoms with Crippen LogP contribution >= 0.6 is 11.6 Å². The quantitative estimate of drug-likeness (QED) is 0.351. The fourth-order valence-electron chi connectivity index (χ4n) is 4.43. The first-order valence-electron chi connectivity index (χ1n) is 11.6. The number of aryl methyl sites for hydroxylation is 1. The highest BCUT2D eigenvalue weighted by atomic mass is 35.5. The molecule has 178 valence electrons. The molecule has 0 saturated carbocycles. The third kappa shape index (κ3) is 5.15. The fraction of sp³-hybridized carbons (Fsp3) is 0.222. The molecule has 1 aliphatic rings. The van der Waals surface area contributed by atoms with Gasteiger partial charge in [0.05, 0.1) is 19.2 Å². The van der Waals surface area contributed by atoms with Crippen LogP contribution in [0.2, 0.25) is 5.02 Å². The normalized spacial score (nSPS) is 16.7. The van der Waals surface area contributed by atoms with Gasteiger partial charge in [0.1, 0.15) is 5.75 Å². The zero-order valence-corrected chi connectivity index (χ0v) is 20.1. The second-order valence-electron chi connectivity index (χ2n) is 8.48. The molecule has 0 unspecified atom stereocenters. The number of hydrogen-bond donors (Lipinski definition) is 2. The van der Waals surface area contributed by atoms with Crippen molar-refractivity contribution in [3.63, 3.8) is 0 Å². The van der Waals surface area contributed by atoms with Crippen molar-refractivity contribution in [1.29, 1.82) is 0 Å². The molecule has 0 spiro atoms. The summed E-state index contributed by atoms with van der Waals surface area (Å²) in [5.74, 6) is 1.52. The Morgan fingerprint density at radius 2 is 1.83 bits per heavy atom. The lowest BCUT2D eigenvalue weighted by Gasteiger charge is -2.32. The summed E-state index contributed by atoms with van der Waals surface area (Å²) in [5, 5.41) is 11.7. The SMILES string of the molecule is COc1ccccc1[C@H]1C[C@H](c2ccc(Cl)cc2)Nc2nc(NC(=O)CCc3ccccc3)nn21. The van der Waals surface area contributed by atoms with Crippen molar-refractivity contribution in [2.24, 2.45) is 0 Å². The summed E-state index contributed by atoms with van der Waals surface area (Å²) in [4.78, 5) is 17.2. The van der Waals surface area contributed by atoms with Gasteiger partial charge in [0.15, 0.2) is 0 Å². The topological polar surface area (TPSA) is 81.1 Å². The second-order valence-corrected chi connectivity index (χ2v) is 8.92. The van der Waals surface area contributed by atoms with Gasteiger partial charge >= 0.3 is 0 Å². The first-order chi connectivity index (χ1) is 17.1. The molecule has 3 aromatic carbocycles. The Kier molecular flexibility index (Phi) is 6.68. The second kappa shape index (κ2) is 10.2. The summed E-state index contributed by atoms with van der Waals surface area (Å²) in [5.41, 5.74) is 3.21. The van der Waals surface area contributed by atoms with Crippen molar-refractivity contribution in [3.8, 4) is 5.75 Å². The van der Waals surface area contributed by atoms with Gasteiger partial charge in [0.2, 0.25) is 11.9 Å². The van der Waals surface area contributed by atoms with E-state index in [9.17, 15) is 4.79 Å². The van der Waals surface area contributed by atoms with E-state index in [-0.39, 0.29) is 23.9 Å². The molecular weight excluding hydrogens is 462 g/mol. The average molecular weight is 488 g/mol. The molecule has 1 amide bonds. The maximum Gasteiger partial charge on any atom is 0.250 e. The number of para-hydroxylation sites is 1. The van der Waals surface area contributed by atoms with Crippen LogP contribution in [0, 0.1) is 0 Å². The third-order valence-electron chi connectivity index (χ3n) is 6.19. The number of aromatic nitrogens is 3. The predicted octanol–water partition coefficient (Wildman–Crippen LogP) is 5.66. The van der Waals surface area contributed by atoms with Gasteiger partial charge in [-0.1, -0.05) is 72.3 Å². The van der Waals surface area contributed by atoms with Crippen molar-refractivity contribution in [1.82, 2.24) is 14.8 Å². The molecule has 1 aliphatic heterocycles. The average Bonchev–Trinajstić information content (AvgIpc) is 3.30. The van der Waals surface area contributed by atoms with Crippen LogP contribution in [0.15, 0.2) is 78.9 Å². The van der Waals surface area contributed by atoms with Crippen LogP contribution in [0.25, 0.3) is 0 Å². The van der Waals surface area contributed by atoms with E-state index in [1.165, 1.54) is 0 Å². The standard InChI is InChI=1S/C27H26ClN5O2/c1-35-24-10-6-5-9-21(24)23-17-22(19-12-14-20(28)15-13-19)29-27-31-26(32-33(23)27)30-25(34)16-11-18-7-3-2-4-8-18/h2-10,12-15,22-23H,11,16-17H2,1H3,(H2,29,30,31,32,34)/t22-,23-/m1/s1. The molecule has 0 bridgehead atoms. The Bertz CT molecular complexity index is 1310. The van der Waals surface area contributed by atoms with Gasteiger partial charge in [-0.05, 0) is 42.2 Å². The molecule has 7 nitrogen and oxygen atoms in total. The number of rotatable bonds is 7. The molecule has 0 saturated heterocycles. The fourth-order valence-corrected chi connectivity index (χ4v) is 4.56.